The summed E-state index contributed by atoms with van der Waals surface area (Å²) in [5.74, 6) is 0.488. The Bertz CT molecular complexity index is 1450. The Hall–Kier alpha value is -2.64. The number of fused-ring (bicyclic) bond motifs is 2. The molecule has 0 aliphatic carbocycles. The SMILES string of the molecule is CC(=O)c1ccc(-c2cc(Cl)c3c(c2)CC(CNC(=O)C=Cc2sc4ccccc4c2Cl)O3)s1. The van der Waals surface area contributed by atoms with Gasteiger partial charge in [0.1, 0.15) is 11.9 Å². The van der Waals surface area contributed by atoms with Crippen molar-refractivity contribution in [3.63, 3.8) is 0 Å². The van der Waals surface area contributed by atoms with E-state index in [1.54, 1.807) is 24.3 Å². The Kier molecular flexibility index (Phi) is 6.49. The maximum Gasteiger partial charge on any atom is 0.244 e. The first-order chi connectivity index (χ1) is 16.4. The minimum Gasteiger partial charge on any atom is -0.486 e. The third kappa shape index (κ3) is 4.64. The fourth-order valence-corrected chi connectivity index (χ4v) is 6.46. The maximum absolute atomic E-state index is 12.4. The number of hydrogen-bond donors (Lipinski definition) is 1. The lowest BCUT2D eigenvalue weighted by Crippen LogP contribution is -2.33. The number of rotatable bonds is 6. The summed E-state index contributed by atoms with van der Waals surface area (Å²) in [7, 11) is 0. The smallest absolute Gasteiger partial charge is 0.244 e. The first-order valence-electron chi connectivity index (χ1n) is 10.6. The predicted molar refractivity (Wildman–Crippen MR) is 142 cm³/mol. The molecule has 1 aliphatic rings. The highest BCUT2D eigenvalue weighted by atomic mass is 35.5. The van der Waals surface area contributed by atoms with Crippen molar-refractivity contribution in [2.24, 2.45) is 0 Å². The van der Waals surface area contributed by atoms with Gasteiger partial charge in [0, 0.05) is 37.9 Å². The van der Waals surface area contributed by atoms with Crippen molar-refractivity contribution in [1.29, 1.82) is 0 Å². The number of ketones is 1. The number of ether oxygens (including phenoxy) is 1. The number of nitrogens with one attached hydrogen (secondary N) is 1. The molecule has 8 heteroatoms. The number of benzene rings is 2. The molecule has 0 bridgehead atoms. The quantitative estimate of drug-likeness (QED) is 0.212. The molecule has 0 spiro atoms. The lowest BCUT2D eigenvalue weighted by atomic mass is 10.1. The molecule has 1 N–H and O–H groups in total. The largest absolute Gasteiger partial charge is 0.486 e. The van der Waals surface area contributed by atoms with Crippen molar-refractivity contribution in [2.45, 2.75) is 19.4 Å². The van der Waals surface area contributed by atoms with Gasteiger partial charge < -0.3 is 10.1 Å². The van der Waals surface area contributed by atoms with Gasteiger partial charge in [-0.05, 0) is 48.9 Å². The Morgan fingerprint density at radius 1 is 1.15 bits per heavy atom. The minimum atomic E-state index is -0.213. The van der Waals surface area contributed by atoms with Gasteiger partial charge in [-0.2, -0.15) is 0 Å². The van der Waals surface area contributed by atoms with E-state index in [2.05, 4.69) is 5.32 Å². The summed E-state index contributed by atoms with van der Waals surface area (Å²) in [6, 6.07) is 15.6. The van der Waals surface area contributed by atoms with Gasteiger partial charge in [-0.15, -0.1) is 22.7 Å². The summed E-state index contributed by atoms with van der Waals surface area (Å²) in [4.78, 5) is 26.6. The minimum absolute atomic E-state index is 0.0475. The standard InChI is InChI=1S/C26H19Cl2NO3S2/c1-14(30)20-6-7-21(33-20)15-10-16-11-17(32-26(16)19(27)12-15)13-29-24(31)9-8-23-25(28)18-4-2-3-5-22(18)34-23/h2-10,12,17H,11,13H2,1H3,(H,29,31). The van der Waals surface area contributed by atoms with Gasteiger partial charge in [0.05, 0.1) is 21.5 Å². The van der Waals surface area contributed by atoms with E-state index < -0.39 is 0 Å². The van der Waals surface area contributed by atoms with Crippen LogP contribution in [0.4, 0.5) is 0 Å². The third-order valence-corrected chi connectivity index (χ3v) is 8.71. The van der Waals surface area contributed by atoms with Crippen LogP contribution in [0.5, 0.6) is 5.75 Å². The average Bonchev–Trinajstić information content (AvgIpc) is 3.54. The number of halogens is 2. The molecule has 4 aromatic rings. The Balaban J connectivity index is 1.22. The molecular weight excluding hydrogens is 509 g/mol. The second-order valence-electron chi connectivity index (χ2n) is 7.97. The number of hydrogen-bond acceptors (Lipinski definition) is 5. The van der Waals surface area contributed by atoms with Crippen molar-refractivity contribution in [2.75, 3.05) is 6.54 Å². The highest BCUT2D eigenvalue weighted by molar-refractivity contribution is 7.20. The highest BCUT2D eigenvalue weighted by Gasteiger charge is 2.26. The van der Waals surface area contributed by atoms with Crippen LogP contribution in [0.3, 0.4) is 0 Å². The van der Waals surface area contributed by atoms with Crippen LogP contribution >= 0.6 is 45.9 Å². The van der Waals surface area contributed by atoms with Gasteiger partial charge in [0.2, 0.25) is 5.91 Å². The van der Waals surface area contributed by atoms with Gasteiger partial charge in [0.25, 0.3) is 0 Å². The number of carbonyl (C=O) groups is 2. The maximum atomic E-state index is 12.4. The first kappa shape index (κ1) is 23.1. The molecule has 1 aliphatic heterocycles. The van der Waals surface area contributed by atoms with Gasteiger partial charge in [-0.25, -0.2) is 0 Å². The fraction of sp³-hybridized carbons (Fsp3) is 0.154. The van der Waals surface area contributed by atoms with Crippen LogP contribution in [0, 0.1) is 0 Å². The molecule has 1 amide bonds. The summed E-state index contributed by atoms with van der Waals surface area (Å²) >= 11 is 15.9. The topological polar surface area (TPSA) is 55.4 Å². The third-order valence-electron chi connectivity index (χ3n) is 5.54. The molecule has 5 rings (SSSR count). The van der Waals surface area contributed by atoms with E-state index in [1.165, 1.54) is 17.4 Å². The van der Waals surface area contributed by atoms with Crippen molar-refractivity contribution in [3.8, 4) is 16.2 Å². The summed E-state index contributed by atoms with van der Waals surface area (Å²) in [5, 5.41) is 5.07. The lowest BCUT2D eigenvalue weighted by Gasteiger charge is -2.11. The zero-order valence-corrected chi connectivity index (χ0v) is 21.2. The molecule has 34 heavy (non-hydrogen) atoms. The van der Waals surface area contributed by atoms with Gasteiger partial charge in [-0.1, -0.05) is 41.4 Å². The number of amides is 1. The van der Waals surface area contributed by atoms with E-state index in [0.29, 0.717) is 33.6 Å². The Morgan fingerprint density at radius 2 is 1.97 bits per heavy atom. The number of Topliss-reactive ketones (excluding diaryl/α,β-unsaturated/α-hetero) is 1. The van der Waals surface area contributed by atoms with Crippen molar-refractivity contribution < 1.29 is 14.3 Å². The average molecular weight is 528 g/mol. The van der Waals surface area contributed by atoms with Gasteiger partial charge in [-0.3, -0.25) is 9.59 Å². The van der Waals surface area contributed by atoms with E-state index >= 15 is 0 Å². The van der Waals surface area contributed by atoms with E-state index in [4.69, 9.17) is 27.9 Å². The predicted octanol–water partition coefficient (Wildman–Crippen LogP) is 7.27. The number of carbonyl (C=O) groups excluding carboxylic acids is 2. The van der Waals surface area contributed by atoms with Crippen LogP contribution in [0.2, 0.25) is 10.0 Å². The van der Waals surface area contributed by atoms with Gasteiger partial charge in [0.15, 0.2) is 5.78 Å². The Morgan fingerprint density at radius 3 is 2.74 bits per heavy atom. The van der Waals surface area contributed by atoms with Crippen molar-refractivity contribution in [3.05, 3.63) is 80.0 Å². The van der Waals surface area contributed by atoms with E-state index in [9.17, 15) is 9.59 Å². The molecule has 0 fully saturated rings. The summed E-state index contributed by atoms with van der Waals surface area (Å²) in [5.41, 5.74) is 1.95. The van der Waals surface area contributed by atoms with Crippen LogP contribution in [-0.2, 0) is 11.2 Å². The molecule has 1 unspecified atom stereocenters. The number of thiophene rings is 2. The summed E-state index contributed by atoms with van der Waals surface area (Å²) < 4.78 is 7.09. The molecule has 4 nitrogen and oxygen atoms in total. The first-order valence-corrected chi connectivity index (χ1v) is 13.0. The monoisotopic (exact) mass is 527 g/mol. The molecule has 172 valence electrons. The molecular formula is C26H19Cl2NO3S2. The molecule has 2 aromatic heterocycles. The van der Waals surface area contributed by atoms with Gasteiger partial charge >= 0.3 is 0 Å². The normalized spacial score (nSPS) is 15.0. The molecule has 0 radical (unpaired) electrons. The van der Waals surface area contributed by atoms with Crippen LogP contribution in [-0.4, -0.2) is 24.3 Å². The molecule has 0 saturated carbocycles. The van der Waals surface area contributed by atoms with Crippen molar-refractivity contribution >= 4 is 73.7 Å². The molecule has 0 saturated heterocycles. The van der Waals surface area contributed by atoms with Crippen LogP contribution in [0.25, 0.3) is 26.6 Å². The van der Waals surface area contributed by atoms with E-state index in [0.717, 1.165) is 31.0 Å². The zero-order chi connectivity index (χ0) is 23.8. The fourth-order valence-electron chi connectivity index (χ4n) is 3.89. The molecule has 3 heterocycles. The second-order valence-corrected chi connectivity index (χ2v) is 10.9. The van der Waals surface area contributed by atoms with Crippen LogP contribution in [0.1, 0.15) is 27.0 Å². The summed E-state index contributed by atoms with van der Waals surface area (Å²) in [6.45, 7) is 1.92. The van der Waals surface area contributed by atoms with Crippen LogP contribution < -0.4 is 10.1 Å². The molecule has 1 atom stereocenters. The van der Waals surface area contributed by atoms with E-state index in [-0.39, 0.29) is 17.8 Å². The second kappa shape index (κ2) is 9.55. The summed E-state index contributed by atoms with van der Waals surface area (Å²) in [6.07, 6.45) is 3.67. The zero-order valence-electron chi connectivity index (χ0n) is 18.1. The van der Waals surface area contributed by atoms with Crippen LogP contribution in [0.15, 0.2) is 54.6 Å². The Labute approximate surface area is 214 Å². The lowest BCUT2D eigenvalue weighted by molar-refractivity contribution is -0.116. The molecule has 2 aromatic carbocycles. The van der Waals surface area contributed by atoms with Crippen molar-refractivity contribution in [1.82, 2.24) is 5.32 Å². The van der Waals surface area contributed by atoms with E-state index in [1.807, 2.05) is 48.5 Å². The highest BCUT2D eigenvalue weighted by Crippen LogP contribution is 2.41.